The van der Waals surface area contributed by atoms with Crippen molar-refractivity contribution in [2.24, 2.45) is 0 Å². The van der Waals surface area contributed by atoms with Crippen molar-refractivity contribution in [3.63, 3.8) is 0 Å². The number of benzene rings is 1. The van der Waals surface area contributed by atoms with Gasteiger partial charge in [0.05, 0.1) is 16.9 Å². The lowest BCUT2D eigenvalue weighted by Crippen LogP contribution is -2.01. The van der Waals surface area contributed by atoms with Crippen molar-refractivity contribution in [3.8, 4) is 0 Å². The van der Waals surface area contributed by atoms with E-state index in [2.05, 4.69) is 6.58 Å². The number of hydrogen-bond donors (Lipinski definition) is 1. The van der Waals surface area contributed by atoms with Gasteiger partial charge in [-0.05, 0) is 38.5 Å². The van der Waals surface area contributed by atoms with E-state index in [1.165, 1.54) is 0 Å². The molecular weight excluding hydrogens is 232 g/mol. The topological polar surface area (TPSA) is 37.3 Å². The number of allylic oxidation sites excluding steroid dienone is 2. The zero-order valence-electron chi connectivity index (χ0n) is 10.2. The van der Waals surface area contributed by atoms with Crippen molar-refractivity contribution >= 4 is 10.8 Å². The van der Waals surface area contributed by atoms with Gasteiger partial charge in [0, 0.05) is 9.80 Å². The Labute approximate surface area is 105 Å². The molecule has 0 saturated carbocycles. The second-order valence-corrected chi connectivity index (χ2v) is 5.48. The van der Waals surface area contributed by atoms with E-state index in [4.69, 9.17) is 0 Å². The molecule has 0 radical (unpaired) electrons. The Balaban J connectivity index is 2.99. The molecule has 1 aromatic rings. The van der Waals surface area contributed by atoms with Crippen LogP contribution >= 0.6 is 0 Å². The Bertz CT molecular complexity index is 430. The molecule has 0 aliphatic heterocycles. The molecular formula is C14H18O2S. The maximum Gasteiger partial charge on any atom is 0.0809 e. The minimum absolute atomic E-state index is 0.519. The average Bonchev–Trinajstić information content (AvgIpc) is 2.28. The highest BCUT2D eigenvalue weighted by Crippen LogP contribution is 2.18. The minimum atomic E-state index is -1.22. The average molecular weight is 250 g/mol. The molecule has 92 valence electrons. The Hall–Kier alpha value is -1.19. The van der Waals surface area contributed by atoms with E-state index in [9.17, 15) is 9.32 Å². The zero-order valence-corrected chi connectivity index (χ0v) is 11.0. The summed E-state index contributed by atoms with van der Waals surface area (Å²) in [7, 11) is -1.22. The summed E-state index contributed by atoms with van der Waals surface area (Å²) in [5, 5.41) is 9.34. The number of hydrogen-bond acceptors (Lipinski definition) is 2. The number of aliphatic hydroxyl groups is 1. The van der Waals surface area contributed by atoms with Crippen molar-refractivity contribution in [1.82, 2.24) is 0 Å². The quantitative estimate of drug-likeness (QED) is 0.816. The Morgan fingerprint density at radius 1 is 1.47 bits per heavy atom. The molecule has 0 heterocycles. The summed E-state index contributed by atoms with van der Waals surface area (Å²) < 4.78 is 12.3. The molecule has 17 heavy (non-hydrogen) atoms. The summed E-state index contributed by atoms with van der Waals surface area (Å²) in [6.45, 7) is 7.28. The fourth-order valence-electron chi connectivity index (χ4n) is 1.43. The lowest BCUT2D eigenvalue weighted by atomic mass is 10.2. The van der Waals surface area contributed by atoms with Gasteiger partial charge >= 0.3 is 0 Å². The number of aliphatic hydroxyl groups excluding tert-OH is 1. The first kappa shape index (κ1) is 13.9. The van der Waals surface area contributed by atoms with Gasteiger partial charge in [0.25, 0.3) is 0 Å². The number of rotatable bonds is 5. The molecule has 1 N–H and O–H groups in total. The fraction of sp³-hybridized carbons (Fsp3) is 0.286. The molecule has 0 aliphatic carbocycles. The van der Waals surface area contributed by atoms with Crippen LogP contribution in [-0.4, -0.2) is 15.4 Å². The van der Waals surface area contributed by atoms with E-state index in [0.717, 1.165) is 10.5 Å². The van der Waals surface area contributed by atoms with E-state index in [-0.39, 0.29) is 0 Å². The monoisotopic (exact) mass is 250 g/mol. The van der Waals surface area contributed by atoms with Crippen molar-refractivity contribution in [2.45, 2.75) is 31.3 Å². The summed E-state index contributed by atoms with van der Waals surface area (Å²) in [4.78, 5) is 1.45. The molecule has 2 nitrogen and oxygen atoms in total. The predicted octanol–water partition coefficient (Wildman–Crippen LogP) is 2.94. The molecule has 0 aromatic heterocycles. The number of aryl methyl sites for hydroxylation is 1. The molecule has 3 heteroatoms. The molecule has 0 bridgehead atoms. The Morgan fingerprint density at radius 2 is 2.06 bits per heavy atom. The van der Waals surface area contributed by atoms with Crippen LogP contribution in [0.3, 0.4) is 0 Å². The van der Waals surface area contributed by atoms with Crippen molar-refractivity contribution < 1.29 is 9.32 Å². The van der Waals surface area contributed by atoms with Crippen LogP contribution in [0.25, 0.3) is 0 Å². The van der Waals surface area contributed by atoms with Gasteiger partial charge in [0.2, 0.25) is 0 Å². The summed E-state index contributed by atoms with van der Waals surface area (Å²) in [6.07, 6.45) is 3.24. The molecule has 1 rings (SSSR count). The van der Waals surface area contributed by atoms with Crippen molar-refractivity contribution in [3.05, 3.63) is 53.5 Å². The van der Waals surface area contributed by atoms with Gasteiger partial charge in [-0.1, -0.05) is 23.8 Å². The van der Waals surface area contributed by atoms with Crippen LogP contribution in [-0.2, 0) is 10.8 Å². The third-order valence-corrected chi connectivity index (χ3v) is 3.73. The highest BCUT2D eigenvalue weighted by molar-refractivity contribution is 7.89. The summed E-state index contributed by atoms with van der Waals surface area (Å²) in [5.74, 6) is 0. The molecule has 0 spiro atoms. The van der Waals surface area contributed by atoms with E-state index in [1.807, 2.05) is 31.2 Å². The zero-order chi connectivity index (χ0) is 12.8. The molecule has 0 aliphatic rings. The largest absolute Gasteiger partial charge is 0.389 e. The van der Waals surface area contributed by atoms with Crippen LogP contribution in [0.15, 0.2) is 52.8 Å². The second kappa shape index (κ2) is 6.52. The summed E-state index contributed by atoms with van der Waals surface area (Å²) in [5.41, 5.74) is 1.13. The van der Waals surface area contributed by atoms with Crippen LogP contribution in [0.4, 0.5) is 0 Å². The molecule has 0 fully saturated rings. The van der Waals surface area contributed by atoms with Gasteiger partial charge in [-0.3, -0.25) is 0 Å². The maximum absolute atomic E-state index is 12.3. The molecule has 2 atom stereocenters. The van der Waals surface area contributed by atoms with Gasteiger partial charge in [0.1, 0.15) is 0 Å². The van der Waals surface area contributed by atoms with E-state index >= 15 is 0 Å². The van der Waals surface area contributed by atoms with Crippen LogP contribution < -0.4 is 0 Å². The van der Waals surface area contributed by atoms with E-state index < -0.39 is 16.9 Å². The highest BCUT2D eigenvalue weighted by Gasteiger charge is 2.09. The maximum atomic E-state index is 12.3. The SMILES string of the molecule is C=CC/C(=C/[C@H](C)O)[S@@](=O)c1ccc(C)cc1. The Morgan fingerprint density at radius 3 is 2.53 bits per heavy atom. The van der Waals surface area contributed by atoms with Gasteiger partial charge in [-0.2, -0.15) is 0 Å². The van der Waals surface area contributed by atoms with Crippen LogP contribution in [0.2, 0.25) is 0 Å². The third kappa shape index (κ3) is 4.29. The van der Waals surface area contributed by atoms with Crippen LogP contribution in [0.5, 0.6) is 0 Å². The lowest BCUT2D eigenvalue weighted by molar-refractivity contribution is 0.243. The summed E-state index contributed by atoms with van der Waals surface area (Å²) in [6, 6.07) is 7.57. The normalized spacial score (nSPS) is 15.4. The molecule has 1 aromatic carbocycles. The molecule has 0 saturated heterocycles. The van der Waals surface area contributed by atoms with Crippen LogP contribution in [0.1, 0.15) is 18.9 Å². The highest BCUT2D eigenvalue weighted by atomic mass is 32.2. The molecule has 0 unspecified atom stereocenters. The first-order valence-corrected chi connectivity index (χ1v) is 6.67. The van der Waals surface area contributed by atoms with Crippen LogP contribution in [0, 0.1) is 6.92 Å². The molecule has 0 amide bonds. The van der Waals surface area contributed by atoms with Gasteiger partial charge in [0.15, 0.2) is 0 Å². The minimum Gasteiger partial charge on any atom is -0.389 e. The lowest BCUT2D eigenvalue weighted by Gasteiger charge is -2.07. The van der Waals surface area contributed by atoms with Gasteiger partial charge in [-0.25, -0.2) is 4.21 Å². The van der Waals surface area contributed by atoms with Crippen molar-refractivity contribution in [1.29, 1.82) is 0 Å². The van der Waals surface area contributed by atoms with E-state index in [0.29, 0.717) is 11.3 Å². The smallest absolute Gasteiger partial charge is 0.0809 e. The van der Waals surface area contributed by atoms with Gasteiger partial charge in [-0.15, -0.1) is 6.58 Å². The van der Waals surface area contributed by atoms with Crippen molar-refractivity contribution in [2.75, 3.05) is 0 Å². The standard InChI is InChI=1S/C14H18O2S/c1-4-5-14(10-12(3)15)17(16)13-8-6-11(2)7-9-13/h4,6-10,12,15H,1,5H2,2-3H3/b14-10-/t12-,17-/m0/s1. The fourth-order valence-corrected chi connectivity index (χ4v) is 2.71. The first-order chi connectivity index (χ1) is 8.04. The van der Waals surface area contributed by atoms with Gasteiger partial charge < -0.3 is 5.11 Å². The second-order valence-electron chi connectivity index (χ2n) is 3.95. The Kier molecular flexibility index (Phi) is 5.32. The first-order valence-electron chi connectivity index (χ1n) is 5.52. The third-order valence-electron chi connectivity index (χ3n) is 2.25. The van der Waals surface area contributed by atoms with E-state index in [1.54, 1.807) is 19.1 Å². The summed E-state index contributed by atoms with van der Waals surface area (Å²) >= 11 is 0. The predicted molar refractivity (Wildman–Crippen MR) is 72.2 cm³/mol.